The number of amides is 1. The minimum Gasteiger partial charge on any atom is -0.446 e. The normalized spacial score (nSPS) is 21.3. The van der Waals surface area contributed by atoms with Crippen molar-refractivity contribution in [2.75, 3.05) is 4.90 Å². The van der Waals surface area contributed by atoms with Gasteiger partial charge in [-0.15, -0.1) is 0 Å². The molecular weight excluding hydrogens is 307 g/mol. The molecule has 0 radical (unpaired) electrons. The molecule has 1 aromatic rings. The molecule has 1 heterocycles. The van der Waals surface area contributed by atoms with Gasteiger partial charge in [0, 0.05) is 6.04 Å². The quantitative estimate of drug-likeness (QED) is 0.782. The maximum atomic E-state index is 12.9. The van der Waals surface area contributed by atoms with E-state index in [4.69, 9.17) is 4.74 Å². The van der Waals surface area contributed by atoms with Gasteiger partial charge in [-0.2, -0.15) is 13.2 Å². The maximum Gasteiger partial charge on any atom is 0.416 e. The summed E-state index contributed by atoms with van der Waals surface area (Å²) in [6, 6.07) is 3.65. The lowest BCUT2D eigenvalue weighted by molar-refractivity contribution is -0.137. The van der Waals surface area contributed by atoms with Gasteiger partial charge in [-0.05, 0) is 69.2 Å². The summed E-state index contributed by atoms with van der Waals surface area (Å²) in [4.78, 5) is 14.1. The van der Waals surface area contributed by atoms with E-state index in [0.717, 1.165) is 25.0 Å². The molecule has 0 saturated heterocycles. The number of hydrogen-bond acceptors (Lipinski definition) is 2. The Bertz CT molecular complexity index is 608. The summed E-state index contributed by atoms with van der Waals surface area (Å²) in [5, 5.41) is 0. The number of benzene rings is 1. The zero-order chi connectivity index (χ0) is 16.8. The molecule has 3 nitrogen and oxygen atoms in total. The van der Waals surface area contributed by atoms with Gasteiger partial charge < -0.3 is 4.74 Å². The number of carbonyl (C=O) groups excluding carboxylic acids is 1. The summed E-state index contributed by atoms with van der Waals surface area (Å²) >= 11 is 0. The first-order valence-electron chi connectivity index (χ1n) is 7.97. The number of rotatable bonds is 2. The average Bonchev–Trinajstić information content (AvgIpc) is 3.28. The Hall–Kier alpha value is -1.72. The highest BCUT2D eigenvalue weighted by molar-refractivity contribution is 5.90. The Labute approximate surface area is 133 Å². The number of hydrogen-bond donors (Lipinski definition) is 0. The molecule has 1 unspecified atom stereocenters. The van der Waals surface area contributed by atoms with Crippen molar-refractivity contribution in [2.45, 2.75) is 57.9 Å². The fraction of sp³-hybridized carbons (Fsp3) is 0.588. The Morgan fingerprint density at radius 2 is 1.96 bits per heavy atom. The lowest BCUT2D eigenvalue weighted by atomic mass is 9.92. The first kappa shape index (κ1) is 16.1. The van der Waals surface area contributed by atoms with Crippen LogP contribution in [0.4, 0.5) is 23.7 Å². The van der Waals surface area contributed by atoms with Crippen LogP contribution in [0.3, 0.4) is 0 Å². The number of ether oxygens (including phenoxy) is 1. The third-order valence-corrected chi connectivity index (χ3v) is 4.41. The van der Waals surface area contributed by atoms with Gasteiger partial charge in [0.25, 0.3) is 0 Å². The Morgan fingerprint density at radius 1 is 1.26 bits per heavy atom. The van der Waals surface area contributed by atoms with E-state index in [-0.39, 0.29) is 12.1 Å². The number of anilines is 1. The summed E-state index contributed by atoms with van der Waals surface area (Å²) in [6.45, 7) is 3.53. The van der Waals surface area contributed by atoms with E-state index in [2.05, 4.69) is 0 Å². The molecular formula is C17H20F3NO2. The molecule has 1 aromatic carbocycles. The van der Waals surface area contributed by atoms with Gasteiger partial charge in [0.2, 0.25) is 0 Å². The molecule has 1 saturated carbocycles. The van der Waals surface area contributed by atoms with Crippen molar-refractivity contribution >= 4 is 11.8 Å². The first-order chi connectivity index (χ1) is 10.8. The second-order valence-corrected chi connectivity index (χ2v) is 6.59. The Kier molecular flexibility index (Phi) is 4.02. The Balaban J connectivity index is 1.96. The maximum absolute atomic E-state index is 12.9. The van der Waals surface area contributed by atoms with Crippen LogP contribution in [0, 0.1) is 5.92 Å². The molecule has 3 rings (SSSR count). The molecule has 1 fully saturated rings. The third kappa shape index (κ3) is 3.31. The Morgan fingerprint density at radius 3 is 2.52 bits per heavy atom. The van der Waals surface area contributed by atoms with Gasteiger partial charge >= 0.3 is 12.3 Å². The fourth-order valence-electron chi connectivity index (χ4n) is 3.23. The number of nitrogens with zero attached hydrogens (tertiary/aromatic N) is 1. The van der Waals surface area contributed by atoms with E-state index >= 15 is 0 Å². The van der Waals surface area contributed by atoms with Crippen molar-refractivity contribution in [3.63, 3.8) is 0 Å². The van der Waals surface area contributed by atoms with Gasteiger partial charge in [-0.3, -0.25) is 4.90 Å². The molecule has 1 aliphatic heterocycles. The third-order valence-electron chi connectivity index (χ3n) is 4.41. The molecule has 23 heavy (non-hydrogen) atoms. The number of carbonyl (C=O) groups is 1. The second kappa shape index (κ2) is 5.73. The highest BCUT2D eigenvalue weighted by atomic mass is 19.4. The molecule has 0 N–H and O–H groups in total. The summed E-state index contributed by atoms with van der Waals surface area (Å²) in [5.41, 5.74) is 0.461. The van der Waals surface area contributed by atoms with E-state index in [1.807, 2.05) is 0 Å². The minimum absolute atomic E-state index is 0.0329. The van der Waals surface area contributed by atoms with Gasteiger partial charge in [0.15, 0.2) is 0 Å². The fourth-order valence-corrected chi connectivity index (χ4v) is 3.23. The molecule has 1 atom stereocenters. The van der Waals surface area contributed by atoms with Crippen LogP contribution in [-0.2, 0) is 17.3 Å². The van der Waals surface area contributed by atoms with Crippen molar-refractivity contribution in [3.05, 3.63) is 29.3 Å². The molecule has 0 spiro atoms. The number of halogens is 3. The van der Waals surface area contributed by atoms with Gasteiger partial charge in [0.05, 0.1) is 17.4 Å². The topological polar surface area (TPSA) is 29.5 Å². The molecule has 1 amide bonds. The zero-order valence-electron chi connectivity index (χ0n) is 13.2. The SMILES string of the molecule is CC(C)OC(=O)N1c2ccc(C(F)(F)F)cc2CCC1C1CC1. The predicted molar refractivity (Wildman–Crippen MR) is 80.4 cm³/mol. The van der Waals surface area contributed by atoms with Crippen molar-refractivity contribution in [2.24, 2.45) is 5.92 Å². The van der Waals surface area contributed by atoms with E-state index in [9.17, 15) is 18.0 Å². The average molecular weight is 327 g/mol. The highest BCUT2D eigenvalue weighted by Gasteiger charge is 2.42. The second-order valence-electron chi connectivity index (χ2n) is 6.59. The minimum atomic E-state index is -4.37. The summed E-state index contributed by atoms with van der Waals surface area (Å²) in [5.74, 6) is 0.435. The van der Waals surface area contributed by atoms with Gasteiger partial charge in [-0.25, -0.2) is 4.79 Å². The summed E-state index contributed by atoms with van der Waals surface area (Å²) in [6.07, 6.45) is -1.72. The molecule has 1 aliphatic carbocycles. The van der Waals surface area contributed by atoms with Crippen LogP contribution in [0.1, 0.15) is 44.2 Å². The predicted octanol–water partition coefficient (Wildman–Crippen LogP) is 4.78. The van der Waals surface area contributed by atoms with Crippen LogP contribution in [0.25, 0.3) is 0 Å². The van der Waals surface area contributed by atoms with Gasteiger partial charge in [0.1, 0.15) is 0 Å². The number of fused-ring (bicyclic) bond motifs is 1. The van der Waals surface area contributed by atoms with Crippen molar-refractivity contribution in [3.8, 4) is 0 Å². The van der Waals surface area contributed by atoms with Crippen LogP contribution in [-0.4, -0.2) is 18.2 Å². The smallest absolute Gasteiger partial charge is 0.416 e. The molecule has 0 bridgehead atoms. The van der Waals surface area contributed by atoms with E-state index in [1.165, 1.54) is 6.07 Å². The van der Waals surface area contributed by atoms with E-state index < -0.39 is 17.8 Å². The van der Waals surface area contributed by atoms with Gasteiger partial charge in [-0.1, -0.05) is 0 Å². The molecule has 126 valence electrons. The lowest BCUT2D eigenvalue weighted by Crippen LogP contribution is -2.46. The van der Waals surface area contributed by atoms with E-state index in [1.54, 1.807) is 18.7 Å². The number of aryl methyl sites for hydroxylation is 1. The highest BCUT2D eigenvalue weighted by Crippen LogP contribution is 2.44. The van der Waals surface area contributed by atoms with Crippen LogP contribution in [0.2, 0.25) is 0 Å². The number of alkyl halides is 3. The van der Waals surface area contributed by atoms with Crippen molar-refractivity contribution in [1.29, 1.82) is 0 Å². The van der Waals surface area contributed by atoms with Crippen LogP contribution in [0.15, 0.2) is 18.2 Å². The molecule has 2 aliphatic rings. The van der Waals surface area contributed by atoms with Crippen LogP contribution >= 0.6 is 0 Å². The van der Waals surface area contributed by atoms with E-state index in [0.29, 0.717) is 30.0 Å². The molecule has 6 heteroatoms. The lowest BCUT2D eigenvalue weighted by Gasteiger charge is -2.37. The van der Waals surface area contributed by atoms with Crippen molar-refractivity contribution in [1.82, 2.24) is 0 Å². The van der Waals surface area contributed by atoms with Crippen molar-refractivity contribution < 1.29 is 22.7 Å². The monoisotopic (exact) mass is 327 g/mol. The zero-order valence-corrected chi connectivity index (χ0v) is 13.2. The first-order valence-corrected chi connectivity index (χ1v) is 7.97. The van der Waals surface area contributed by atoms with Crippen LogP contribution < -0.4 is 4.90 Å². The van der Waals surface area contributed by atoms with Crippen LogP contribution in [0.5, 0.6) is 0 Å². The summed E-state index contributed by atoms with van der Waals surface area (Å²) in [7, 11) is 0. The largest absolute Gasteiger partial charge is 0.446 e. The standard InChI is InChI=1S/C17H20F3NO2/c1-10(2)23-16(22)21-14(11-3-4-11)7-5-12-9-13(17(18,19)20)6-8-15(12)21/h6,8-11,14H,3-5,7H2,1-2H3. The molecule has 0 aromatic heterocycles. The summed E-state index contributed by atoms with van der Waals surface area (Å²) < 4.78 is 44.0.